The normalized spacial score (nSPS) is 20.1. The van der Waals surface area contributed by atoms with Crippen molar-refractivity contribution in [1.82, 2.24) is 15.5 Å². The Morgan fingerprint density at radius 2 is 2.11 bits per heavy atom. The van der Waals surface area contributed by atoms with E-state index < -0.39 is 0 Å². The molecule has 1 aliphatic heterocycles. The van der Waals surface area contributed by atoms with Crippen LogP contribution in [-0.2, 0) is 11.3 Å². The summed E-state index contributed by atoms with van der Waals surface area (Å²) in [7, 11) is 0. The number of hydrogen-bond donors (Lipinski definition) is 2. The monoisotopic (exact) mass is 371 g/mol. The van der Waals surface area contributed by atoms with Crippen molar-refractivity contribution in [2.24, 2.45) is 11.8 Å². The maximum Gasteiger partial charge on any atom is 0.315 e. The number of benzene rings is 1. The van der Waals surface area contributed by atoms with E-state index in [1.807, 2.05) is 43.0 Å². The number of furan rings is 1. The van der Waals surface area contributed by atoms with E-state index in [0.29, 0.717) is 13.1 Å². The second-order valence-electron chi connectivity index (χ2n) is 7.62. The predicted octanol–water partition coefficient (Wildman–Crippen LogP) is 3.52. The Labute approximate surface area is 160 Å². The predicted molar refractivity (Wildman–Crippen MR) is 105 cm³/mol. The van der Waals surface area contributed by atoms with Gasteiger partial charge in [0, 0.05) is 37.0 Å². The Kier molecular flexibility index (Phi) is 6.04. The third kappa shape index (κ3) is 4.62. The number of hydrogen-bond acceptors (Lipinski definition) is 3. The molecule has 3 rings (SSSR count). The van der Waals surface area contributed by atoms with Gasteiger partial charge in [-0.3, -0.25) is 4.79 Å². The third-order valence-corrected chi connectivity index (χ3v) is 5.35. The largest absolute Gasteiger partial charge is 0.464 e. The SMILES string of the molecule is CCC1CN(C(=O)C(C)C)CCC1NC(=O)NCc1ccc2occc2c1. The maximum absolute atomic E-state index is 12.4. The molecule has 3 amide bonds. The molecule has 0 spiro atoms. The molecule has 1 aromatic carbocycles. The summed E-state index contributed by atoms with van der Waals surface area (Å²) in [6.45, 7) is 7.87. The number of nitrogens with one attached hydrogen (secondary N) is 2. The number of rotatable bonds is 5. The van der Waals surface area contributed by atoms with Gasteiger partial charge in [0.25, 0.3) is 0 Å². The minimum atomic E-state index is -0.158. The van der Waals surface area contributed by atoms with Crippen molar-refractivity contribution < 1.29 is 14.0 Å². The van der Waals surface area contributed by atoms with Crippen molar-refractivity contribution >= 4 is 22.9 Å². The number of likely N-dealkylation sites (tertiary alicyclic amines) is 1. The van der Waals surface area contributed by atoms with Crippen molar-refractivity contribution in [2.75, 3.05) is 13.1 Å². The lowest BCUT2D eigenvalue weighted by atomic mass is 9.89. The molecule has 2 aromatic rings. The van der Waals surface area contributed by atoms with Crippen LogP contribution < -0.4 is 10.6 Å². The summed E-state index contributed by atoms with van der Waals surface area (Å²) in [4.78, 5) is 26.5. The molecule has 0 saturated carbocycles. The van der Waals surface area contributed by atoms with E-state index >= 15 is 0 Å². The fourth-order valence-electron chi connectivity index (χ4n) is 3.73. The van der Waals surface area contributed by atoms with Gasteiger partial charge in [-0.25, -0.2) is 4.79 Å². The van der Waals surface area contributed by atoms with Crippen LogP contribution in [0.2, 0.25) is 0 Å². The summed E-state index contributed by atoms with van der Waals surface area (Å²) in [5.74, 6) is 0.503. The van der Waals surface area contributed by atoms with Gasteiger partial charge in [-0.2, -0.15) is 0 Å². The highest BCUT2D eigenvalue weighted by Gasteiger charge is 2.31. The molecule has 0 aliphatic carbocycles. The van der Waals surface area contributed by atoms with E-state index in [1.165, 1.54) is 0 Å². The average Bonchev–Trinajstić information content (AvgIpc) is 3.13. The zero-order valence-corrected chi connectivity index (χ0v) is 16.3. The van der Waals surface area contributed by atoms with E-state index in [1.54, 1.807) is 6.26 Å². The molecule has 2 unspecified atom stereocenters. The van der Waals surface area contributed by atoms with Gasteiger partial charge in [0.05, 0.1) is 6.26 Å². The lowest BCUT2D eigenvalue weighted by Gasteiger charge is -2.39. The van der Waals surface area contributed by atoms with Crippen LogP contribution >= 0.6 is 0 Å². The van der Waals surface area contributed by atoms with Crippen LogP contribution in [0.1, 0.15) is 39.2 Å². The Morgan fingerprint density at radius 3 is 2.85 bits per heavy atom. The number of carbonyl (C=O) groups excluding carboxylic acids is 2. The van der Waals surface area contributed by atoms with Gasteiger partial charge >= 0.3 is 6.03 Å². The van der Waals surface area contributed by atoms with Crippen molar-refractivity contribution in [1.29, 1.82) is 0 Å². The van der Waals surface area contributed by atoms with Gasteiger partial charge in [0.2, 0.25) is 5.91 Å². The summed E-state index contributed by atoms with van der Waals surface area (Å²) in [6.07, 6.45) is 3.39. The zero-order valence-electron chi connectivity index (χ0n) is 16.3. The zero-order chi connectivity index (χ0) is 19.4. The number of fused-ring (bicyclic) bond motifs is 1. The van der Waals surface area contributed by atoms with Gasteiger partial charge < -0.3 is 20.0 Å². The molecule has 2 N–H and O–H groups in total. The minimum Gasteiger partial charge on any atom is -0.464 e. The molecule has 6 heteroatoms. The van der Waals surface area contributed by atoms with Gasteiger partial charge in [-0.1, -0.05) is 26.8 Å². The second-order valence-corrected chi connectivity index (χ2v) is 7.62. The molecule has 1 aromatic heterocycles. The molecule has 2 heterocycles. The maximum atomic E-state index is 12.4. The Balaban J connectivity index is 1.51. The Morgan fingerprint density at radius 1 is 1.30 bits per heavy atom. The van der Waals surface area contributed by atoms with Gasteiger partial charge in [0.1, 0.15) is 5.58 Å². The molecular formula is C21H29N3O3. The second kappa shape index (κ2) is 8.46. The van der Waals surface area contributed by atoms with Gasteiger partial charge in [0.15, 0.2) is 0 Å². The number of carbonyl (C=O) groups is 2. The molecule has 2 atom stereocenters. The summed E-state index contributed by atoms with van der Waals surface area (Å²) >= 11 is 0. The molecule has 0 radical (unpaired) electrons. The molecule has 1 saturated heterocycles. The van der Waals surface area contributed by atoms with Crippen molar-refractivity contribution in [3.63, 3.8) is 0 Å². The molecule has 1 aliphatic rings. The van der Waals surface area contributed by atoms with Crippen LogP contribution in [0.25, 0.3) is 11.0 Å². The van der Waals surface area contributed by atoms with Crippen LogP contribution in [-0.4, -0.2) is 36.0 Å². The highest BCUT2D eigenvalue weighted by atomic mass is 16.3. The first-order valence-electron chi connectivity index (χ1n) is 9.77. The summed E-state index contributed by atoms with van der Waals surface area (Å²) in [6, 6.07) is 7.74. The first kappa shape index (κ1) is 19.3. The molecule has 0 bridgehead atoms. The first-order chi connectivity index (χ1) is 13.0. The smallest absolute Gasteiger partial charge is 0.315 e. The van der Waals surface area contributed by atoms with E-state index in [2.05, 4.69) is 17.6 Å². The standard InChI is InChI=1S/C21H29N3O3/c1-4-16-13-24(20(25)14(2)3)9-7-18(16)23-21(26)22-12-15-5-6-19-17(11-15)8-10-27-19/h5-6,8,10-11,14,16,18H,4,7,9,12-13H2,1-3H3,(H2,22,23,26). The fraction of sp³-hybridized carbons (Fsp3) is 0.524. The van der Waals surface area contributed by atoms with E-state index in [4.69, 9.17) is 4.42 Å². The van der Waals surface area contributed by atoms with Crippen molar-refractivity contribution in [3.05, 3.63) is 36.1 Å². The number of piperidine rings is 1. The van der Waals surface area contributed by atoms with Crippen LogP contribution in [0.15, 0.2) is 34.9 Å². The topological polar surface area (TPSA) is 74.6 Å². The highest BCUT2D eigenvalue weighted by Crippen LogP contribution is 2.22. The van der Waals surface area contributed by atoms with Crippen LogP contribution in [0.4, 0.5) is 4.79 Å². The first-order valence-corrected chi connectivity index (χ1v) is 9.77. The minimum absolute atomic E-state index is 0.0166. The van der Waals surface area contributed by atoms with Gasteiger partial charge in [-0.15, -0.1) is 0 Å². The molecular weight excluding hydrogens is 342 g/mol. The van der Waals surface area contributed by atoms with Crippen molar-refractivity contribution in [3.8, 4) is 0 Å². The lowest BCUT2D eigenvalue weighted by Crippen LogP contribution is -2.54. The average molecular weight is 371 g/mol. The number of urea groups is 1. The van der Waals surface area contributed by atoms with Crippen LogP contribution in [0.3, 0.4) is 0 Å². The van der Waals surface area contributed by atoms with Crippen molar-refractivity contribution in [2.45, 2.75) is 46.2 Å². The number of amides is 3. The molecule has 27 heavy (non-hydrogen) atoms. The Bertz CT molecular complexity index is 799. The van der Waals surface area contributed by atoms with Gasteiger partial charge in [-0.05, 0) is 42.5 Å². The summed E-state index contributed by atoms with van der Waals surface area (Å²) < 4.78 is 5.34. The summed E-state index contributed by atoms with van der Waals surface area (Å²) in [5.41, 5.74) is 1.88. The lowest BCUT2D eigenvalue weighted by molar-refractivity contribution is -0.136. The Hall–Kier alpha value is -2.50. The molecule has 146 valence electrons. The number of nitrogens with zero attached hydrogens (tertiary/aromatic N) is 1. The van der Waals surface area contributed by atoms with E-state index in [0.717, 1.165) is 35.9 Å². The highest BCUT2D eigenvalue weighted by molar-refractivity contribution is 5.79. The third-order valence-electron chi connectivity index (χ3n) is 5.35. The molecule has 1 fully saturated rings. The van der Waals surface area contributed by atoms with E-state index in [9.17, 15) is 9.59 Å². The van der Waals surface area contributed by atoms with Crippen LogP contribution in [0, 0.1) is 11.8 Å². The quantitative estimate of drug-likeness (QED) is 0.844. The van der Waals surface area contributed by atoms with E-state index in [-0.39, 0.29) is 29.8 Å². The fourth-order valence-corrected chi connectivity index (χ4v) is 3.73. The summed E-state index contributed by atoms with van der Waals surface area (Å²) in [5, 5.41) is 7.07. The van der Waals surface area contributed by atoms with Crippen LogP contribution in [0.5, 0.6) is 0 Å². The molecule has 6 nitrogen and oxygen atoms in total.